The number of H-pyrrole nitrogens is 1. The van der Waals surface area contributed by atoms with Gasteiger partial charge >= 0.3 is 5.69 Å². The Morgan fingerprint density at radius 1 is 1.25 bits per heavy atom. The van der Waals surface area contributed by atoms with E-state index in [-0.39, 0.29) is 20.5 Å². The van der Waals surface area contributed by atoms with E-state index in [2.05, 4.69) is 4.98 Å². The second kappa shape index (κ2) is 3.49. The summed E-state index contributed by atoms with van der Waals surface area (Å²) in [6.07, 6.45) is 0. The van der Waals surface area contributed by atoms with E-state index in [1.165, 1.54) is 12.1 Å². The zero-order valence-electron chi connectivity index (χ0n) is 7.71. The van der Waals surface area contributed by atoms with Gasteiger partial charge in [-0.2, -0.15) is 0 Å². The van der Waals surface area contributed by atoms with E-state index in [9.17, 15) is 18.0 Å². The quantitative estimate of drug-likeness (QED) is 0.434. The van der Waals surface area contributed by atoms with E-state index in [0.29, 0.717) is 0 Å². The molecule has 8 heteroatoms. The summed E-state index contributed by atoms with van der Waals surface area (Å²) in [5.41, 5.74) is -1.85. The van der Waals surface area contributed by atoms with Gasteiger partial charge in [-0.05, 0) is 18.2 Å². The smallest absolute Gasteiger partial charge is 0.362 e. The standard InChI is InChI=1S/C8H6N2O5S/c11-7-5-2-1-4(16(14)15)3-6(5)9-8(12)10(7)13/h1-3,13,16H,(H,9,12). The lowest BCUT2D eigenvalue weighted by atomic mass is 10.2. The number of nitrogens with one attached hydrogen (secondary N) is 1. The maximum absolute atomic E-state index is 11.4. The Kier molecular flexibility index (Phi) is 2.27. The van der Waals surface area contributed by atoms with Crippen molar-refractivity contribution in [2.75, 3.05) is 0 Å². The van der Waals surface area contributed by atoms with Crippen molar-refractivity contribution in [3.8, 4) is 0 Å². The summed E-state index contributed by atoms with van der Waals surface area (Å²) >= 11 is 0. The Labute approximate surface area is 89.5 Å². The molecule has 0 saturated heterocycles. The third kappa shape index (κ3) is 1.48. The molecule has 0 aliphatic heterocycles. The van der Waals surface area contributed by atoms with Gasteiger partial charge in [0, 0.05) is 0 Å². The number of nitrogens with zero attached hydrogens (tertiary/aromatic N) is 1. The SMILES string of the molecule is O=c1[nH]c2cc([SH](=O)=O)ccc2c(=O)n1O. The Hall–Kier alpha value is -2.09. The second-order valence-electron chi connectivity index (χ2n) is 3.03. The monoisotopic (exact) mass is 242 g/mol. The minimum absolute atomic E-state index is 0.0201. The van der Waals surface area contributed by atoms with Crippen LogP contribution in [0.15, 0.2) is 32.7 Å². The molecule has 0 spiro atoms. The molecule has 1 aromatic heterocycles. The number of rotatable bonds is 1. The van der Waals surface area contributed by atoms with Crippen molar-refractivity contribution >= 4 is 21.6 Å². The molecule has 1 aromatic carbocycles. The summed E-state index contributed by atoms with van der Waals surface area (Å²) in [6, 6.07) is 3.60. The van der Waals surface area contributed by atoms with Crippen molar-refractivity contribution in [1.29, 1.82) is 0 Å². The lowest BCUT2D eigenvalue weighted by molar-refractivity contribution is 0.162. The summed E-state index contributed by atoms with van der Waals surface area (Å²) in [7, 11) is -2.79. The lowest BCUT2D eigenvalue weighted by Gasteiger charge is -1.99. The summed E-state index contributed by atoms with van der Waals surface area (Å²) in [4.78, 5) is 24.6. The summed E-state index contributed by atoms with van der Waals surface area (Å²) in [5.74, 6) is 0. The van der Waals surface area contributed by atoms with Gasteiger partial charge in [0.25, 0.3) is 5.56 Å². The van der Waals surface area contributed by atoms with Gasteiger partial charge < -0.3 is 10.2 Å². The van der Waals surface area contributed by atoms with Gasteiger partial charge in [-0.25, -0.2) is 13.2 Å². The molecule has 0 radical (unpaired) electrons. The molecule has 0 aliphatic rings. The molecule has 2 aromatic rings. The van der Waals surface area contributed by atoms with E-state index in [0.717, 1.165) is 6.07 Å². The maximum atomic E-state index is 11.4. The molecule has 1 heterocycles. The van der Waals surface area contributed by atoms with Gasteiger partial charge in [-0.3, -0.25) is 4.79 Å². The fraction of sp³-hybridized carbons (Fsp3) is 0. The first-order valence-electron chi connectivity index (χ1n) is 4.13. The predicted octanol–water partition coefficient (Wildman–Crippen LogP) is -1.10. The van der Waals surface area contributed by atoms with Crippen molar-refractivity contribution in [3.63, 3.8) is 0 Å². The molecule has 0 fully saturated rings. The van der Waals surface area contributed by atoms with E-state index < -0.39 is 22.0 Å². The summed E-state index contributed by atoms with van der Waals surface area (Å²) < 4.78 is 21.3. The van der Waals surface area contributed by atoms with Crippen LogP contribution < -0.4 is 11.2 Å². The Morgan fingerprint density at radius 3 is 2.56 bits per heavy atom. The van der Waals surface area contributed by atoms with Gasteiger partial charge in [0.15, 0.2) is 10.7 Å². The zero-order valence-corrected chi connectivity index (χ0v) is 8.60. The maximum Gasteiger partial charge on any atom is 0.362 e. The molecule has 0 unspecified atom stereocenters. The fourth-order valence-corrected chi connectivity index (χ4v) is 1.74. The number of aromatic nitrogens is 2. The average molecular weight is 242 g/mol. The van der Waals surface area contributed by atoms with E-state index >= 15 is 0 Å². The van der Waals surface area contributed by atoms with Gasteiger partial charge in [0.05, 0.1) is 15.8 Å². The molecule has 0 bridgehead atoms. The second-order valence-corrected chi connectivity index (χ2v) is 4.06. The number of thiol groups is 1. The lowest BCUT2D eigenvalue weighted by Crippen LogP contribution is -2.33. The fourth-order valence-electron chi connectivity index (χ4n) is 1.31. The Morgan fingerprint density at radius 2 is 1.94 bits per heavy atom. The van der Waals surface area contributed by atoms with Crippen molar-refractivity contribution in [2.24, 2.45) is 0 Å². The van der Waals surface area contributed by atoms with Crippen LogP contribution in [-0.4, -0.2) is 23.3 Å². The molecule has 84 valence electrons. The van der Waals surface area contributed by atoms with Crippen LogP contribution in [0.2, 0.25) is 0 Å². The Bertz CT molecular complexity index is 747. The normalized spacial score (nSPS) is 11.1. The largest absolute Gasteiger partial charge is 0.421 e. The third-order valence-corrected chi connectivity index (χ3v) is 2.77. The topological polar surface area (TPSA) is 109 Å². The molecule has 0 saturated carbocycles. The first kappa shape index (κ1) is 10.4. The predicted molar refractivity (Wildman–Crippen MR) is 54.6 cm³/mol. The highest BCUT2D eigenvalue weighted by atomic mass is 32.2. The molecule has 16 heavy (non-hydrogen) atoms. The molecule has 0 aliphatic carbocycles. The number of hydrogen-bond acceptors (Lipinski definition) is 5. The van der Waals surface area contributed by atoms with Gasteiger partial charge in [0.1, 0.15) is 0 Å². The Balaban J connectivity index is 2.97. The zero-order chi connectivity index (χ0) is 11.9. The molecule has 0 atom stereocenters. The summed E-state index contributed by atoms with van der Waals surface area (Å²) in [5, 5.41) is 9.05. The van der Waals surface area contributed by atoms with Crippen LogP contribution in [0.25, 0.3) is 10.9 Å². The minimum atomic E-state index is -2.79. The van der Waals surface area contributed by atoms with Crippen LogP contribution in [0.5, 0.6) is 0 Å². The van der Waals surface area contributed by atoms with Crippen LogP contribution in [0, 0.1) is 0 Å². The van der Waals surface area contributed by atoms with Crippen molar-refractivity contribution in [2.45, 2.75) is 4.90 Å². The molecular weight excluding hydrogens is 236 g/mol. The highest BCUT2D eigenvalue weighted by Gasteiger charge is 2.07. The van der Waals surface area contributed by atoms with Crippen molar-refractivity contribution < 1.29 is 13.6 Å². The van der Waals surface area contributed by atoms with Crippen molar-refractivity contribution in [1.82, 2.24) is 9.71 Å². The number of fused-ring (bicyclic) bond motifs is 1. The molecule has 7 nitrogen and oxygen atoms in total. The first-order chi connectivity index (χ1) is 7.50. The van der Waals surface area contributed by atoms with Crippen LogP contribution in [0.3, 0.4) is 0 Å². The highest BCUT2D eigenvalue weighted by Crippen LogP contribution is 2.09. The summed E-state index contributed by atoms with van der Waals surface area (Å²) in [6.45, 7) is 0. The van der Waals surface area contributed by atoms with E-state index in [4.69, 9.17) is 5.21 Å². The van der Waals surface area contributed by atoms with Gasteiger partial charge in [-0.1, -0.05) is 4.73 Å². The van der Waals surface area contributed by atoms with Crippen LogP contribution in [0.4, 0.5) is 0 Å². The first-order valence-corrected chi connectivity index (χ1v) is 5.31. The molecule has 2 rings (SSSR count). The average Bonchev–Trinajstić information content (AvgIpc) is 2.25. The number of benzene rings is 1. The van der Waals surface area contributed by atoms with Gasteiger partial charge in [-0.15, -0.1) is 0 Å². The molecule has 0 amide bonds. The van der Waals surface area contributed by atoms with E-state index in [1.807, 2.05) is 0 Å². The minimum Gasteiger partial charge on any atom is -0.421 e. The highest BCUT2D eigenvalue weighted by molar-refractivity contribution is 7.72. The van der Waals surface area contributed by atoms with E-state index in [1.54, 1.807) is 0 Å². The molecular formula is C8H6N2O5S. The number of aromatic amines is 1. The van der Waals surface area contributed by atoms with Crippen LogP contribution in [0.1, 0.15) is 0 Å². The van der Waals surface area contributed by atoms with Crippen LogP contribution in [-0.2, 0) is 10.7 Å². The van der Waals surface area contributed by atoms with Gasteiger partial charge in [0.2, 0.25) is 0 Å². The van der Waals surface area contributed by atoms with Crippen LogP contribution >= 0.6 is 0 Å². The third-order valence-electron chi connectivity index (χ3n) is 2.07. The molecule has 2 N–H and O–H groups in total. The number of hydrogen-bond donors (Lipinski definition) is 3. The van der Waals surface area contributed by atoms with Crippen molar-refractivity contribution in [3.05, 3.63) is 39.0 Å².